The van der Waals surface area contributed by atoms with Crippen LogP contribution in [-0.4, -0.2) is 15.0 Å². The summed E-state index contributed by atoms with van der Waals surface area (Å²) in [6.45, 7) is 0. The van der Waals surface area contributed by atoms with Gasteiger partial charge in [0, 0.05) is 0 Å². The zero-order valence-corrected chi connectivity index (χ0v) is 7.19. The molecule has 0 aliphatic heterocycles. The lowest BCUT2D eigenvalue weighted by molar-refractivity contribution is 1.18. The molecule has 0 atom stereocenters. The summed E-state index contributed by atoms with van der Waals surface area (Å²) in [4.78, 5) is 11.9. The molecule has 0 aliphatic carbocycles. The molecule has 0 saturated carbocycles. The lowest BCUT2D eigenvalue weighted by Crippen LogP contribution is -1.79. The monoisotopic (exact) mass is 215 g/mol. The molecule has 0 unspecified atom stereocenters. The molecule has 0 spiro atoms. The summed E-state index contributed by atoms with van der Waals surface area (Å²) in [5.74, 6) is 0. The maximum absolute atomic E-state index is 4.02. The van der Waals surface area contributed by atoms with Crippen LogP contribution < -0.4 is 0 Å². The summed E-state index contributed by atoms with van der Waals surface area (Å²) in [5, 5.41) is 0. The van der Waals surface area contributed by atoms with Gasteiger partial charge in [0.15, 0.2) is 5.65 Å². The van der Waals surface area contributed by atoms with E-state index in [2.05, 4.69) is 30.9 Å². The molecule has 0 amide bonds. The predicted molar refractivity (Wildman–Crippen MR) is 42.9 cm³/mol. The van der Waals surface area contributed by atoms with Gasteiger partial charge in [0.1, 0.15) is 15.6 Å². The van der Waals surface area contributed by atoms with E-state index in [9.17, 15) is 0 Å². The molecule has 2 aromatic heterocycles. The van der Waals surface area contributed by atoms with Gasteiger partial charge in [0.05, 0.1) is 5.51 Å². The minimum atomic E-state index is 0.756. The predicted octanol–water partition coefficient (Wildman–Crippen LogP) is 1.85. The molecule has 50 valence electrons. The normalized spacial score (nSPS) is 10.5. The minimum Gasteiger partial charge on any atom is -0.228 e. The second-order valence-electron chi connectivity index (χ2n) is 1.67. The van der Waals surface area contributed by atoms with E-state index in [0.29, 0.717) is 0 Å². The van der Waals surface area contributed by atoms with E-state index in [-0.39, 0.29) is 0 Å². The number of hydrogen-bond acceptors (Lipinski definition) is 4. The molecule has 0 N–H and O–H groups in total. The van der Waals surface area contributed by atoms with E-state index in [0.717, 1.165) is 15.0 Å². The van der Waals surface area contributed by atoms with Crippen molar-refractivity contribution in [2.24, 2.45) is 0 Å². The average Bonchev–Trinajstić information content (AvgIpc) is 2.36. The molecular weight excluding hydrogens is 214 g/mol. The topological polar surface area (TPSA) is 38.7 Å². The van der Waals surface area contributed by atoms with Crippen LogP contribution in [0.5, 0.6) is 0 Å². The number of fused-ring (bicyclic) bond motifs is 1. The number of thiazole rings is 1. The number of hydrogen-bond donors (Lipinski definition) is 0. The maximum Gasteiger partial charge on any atom is 0.174 e. The van der Waals surface area contributed by atoms with Crippen LogP contribution in [0.15, 0.2) is 16.4 Å². The Kier molecular flexibility index (Phi) is 1.39. The van der Waals surface area contributed by atoms with Crippen molar-refractivity contribution in [3.63, 3.8) is 0 Å². The van der Waals surface area contributed by atoms with Crippen molar-refractivity contribution in [3.05, 3.63) is 16.4 Å². The summed E-state index contributed by atoms with van der Waals surface area (Å²) in [6.07, 6.45) is 1.49. The average molecular weight is 216 g/mol. The SMILES string of the molecule is Brc1ncnc2ncsc12. The van der Waals surface area contributed by atoms with Gasteiger partial charge >= 0.3 is 0 Å². The van der Waals surface area contributed by atoms with Crippen molar-refractivity contribution in [3.8, 4) is 0 Å². The summed E-state index contributed by atoms with van der Waals surface area (Å²) in [7, 11) is 0. The van der Waals surface area contributed by atoms with E-state index >= 15 is 0 Å². The molecule has 2 rings (SSSR count). The molecule has 10 heavy (non-hydrogen) atoms. The van der Waals surface area contributed by atoms with Crippen molar-refractivity contribution in [2.45, 2.75) is 0 Å². The Labute approximate surface area is 69.3 Å². The fourth-order valence-corrected chi connectivity index (χ4v) is 1.83. The molecule has 3 nitrogen and oxygen atoms in total. The fourth-order valence-electron chi connectivity index (χ4n) is 0.666. The van der Waals surface area contributed by atoms with Gasteiger partial charge in [0.25, 0.3) is 0 Å². The van der Waals surface area contributed by atoms with E-state index in [1.54, 1.807) is 5.51 Å². The first-order valence-corrected chi connectivity index (χ1v) is 4.25. The van der Waals surface area contributed by atoms with Crippen molar-refractivity contribution in [2.75, 3.05) is 0 Å². The van der Waals surface area contributed by atoms with Gasteiger partial charge in [-0.1, -0.05) is 0 Å². The molecule has 0 fully saturated rings. The second-order valence-corrected chi connectivity index (χ2v) is 3.28. The van der Waals surface area contributed by atoms with Gasteiger partial charge in [-0.05, 0) is 15.9 Å². The molecule has 2 heterocycles. The highest BCUT2D eigenvalue weighted by Gasteiger charge is 2.00. The van der Waals surface area contributed by atoms with Gasteiger partial charge in [-0.2, -0.15) is 0 Å². The van der Waals surface area contributed by atoms with Crippen LogP contribution in [0.25, 0.3) is 10.3 Å². The summed E-state index contributed by atoms with van der Waals surface area (Å²) < 4.78 is 1.82. The van der Waals surface area contributed by atoms with Crippen LogP contribution in [0.2, 0.25) is 0 Å². The highest BCUT2D eigenvalue weighted by Crippen LogP contribution is 2.22. The third-order valence-electron chi connectivity index (χ3n) is 1.09. The fraction of sp³-hybridized carbons (Fsp3) is 0. The zero-order valence-electron chi connectivity index (χ0n) is 4.78. The first-order chi connectivity index (χ1) is 4.88. The highest BCUT2D eigenvalue weighted by atomic mass is 79.9. The largest absolute Gasteiger partial charge is 0.228 e. The number of halogens is 1. The van der Waals surface area contributed by atoms with E-state index in [1.807, 2.05) is 0 Å². The van der Waals surface area contributed by atoms with Gasteiger partial charge in [0.2, 0.25) is 0 Å². The Morgan fingerprint density at radius 2 is 2.20 bits per heavy atom. The van der Waals surface area contributed by atoms with E-state index < -0.39 is 0 Å². The third-order valence-corrected chi connectivity index (χ3v) is 2.77. The third kappa shape index (κ3) is 0.819. The Balaban J connectivity index is 2.95. The zero-order chi connectivity index (χ0) is 6.97. The molecule has 0 bridgehead atoms. The lowest BCUT2D eigenvalue weighted by Gasteiger charge is -1.86. The maximum atomic E-state index is 4.02. The molecule has 0 aromatic carbocycles. The van der Waals surface area contributed by atoms with Gasteiger partial charge in [-0.3, -0.25) is 0 Å². The van der Waals surface area contributed by atoms with Crippen molar-refractivity contribution in [1.29, 1.82) is 0 Å². The quantitative estimate of drug-likeness (QED) is 0.630. The summed E-state index contributed by atoms with van der Waals surface area (Å²) in [5.41, 5.74) is 2.51. The van der Waals surface area contributed by atoms with Crippen LogP contribution in [0, 0.1) is 0 Å². The van der Waals surface area contributed by atoms with Crippen molar-refractivity contribution in [1.82, 2.24) is 15.0 Å². The summed E-state index contributed by atoms with van der Waals surface area (Å²) >= 11 is 4.83. The number of aromatic nitrogens is 3. The standard InChI is InChI=1S/C5H2BrN3S/c6-4-3-5(8-1-7-4)9-2-10-3/h1-2H. The van der Waals surface area contributed by atoms with Crippen LogP contribution in [0.3, 0.4) is 0 Å². The van der Waals surface area contributed by atoms with E-state index in [1.165, 1.54) is 17.7 Å². The molecule has 2 aromatic rings. The highest BCUT2D eigenvalue weighted by molar-refractivity contribution is 9.10. The Bertz CT molecular complexity index is 358. The Hall–Kier alpha value is -0.550. The molecule has 0 radical (unpaired) electrons. The smallest absolute Gasteiger partial charge is 0.174 e. The van der Waals surface area contributed by atoms with Crippen LogP contribution in [-0.2, 0) is 0 Å². The Morgan fingerprint density at radius 3 is 3.00 bits per heavy atom. The minimum absolute atomic E-state index is 0.756. The lowest BCUT2D eigenvalue weighted by atomic mass is 10.6. The van der Waals surface area contributed by atoms with E-state index in [4.69, 9.17) is 0 Å². The number of rotatable bonds is 0. The van der Waals surface area contributed by atoms with Crippen LogP contribution in [0.1, 0.15) is 0 Å². The molecule has 5 heteroatoms. The first kappa shape index (κ1) is 6.18. The van der Waals surface area contributed by atoms with Gasteiger partial charge in [-0.25, -0.2) is 15.0 Å². The Morgan fingerprint density at radius 1 is 1.30 bits per heavy atom. The van der Waals surface area contributed by atoms with Gasteiger partial charge in [-0.15, -0.1) is 11.3 Å². The number of nitrogens with zero attached hydrogens (tertiary/aromatic N) is 3. The van der Waals surface area contributed by atoms with Crippen molar-refractivity contribution >= 4 is 37.6 Å². The molecule has 0 saturated heterocycles. The first-order valence-electron chi connectivity index (χ1n) is 2.57. The van der Waals surface area contributed by atoms with Gasteiger partial charge < -0.3 is 0 Å². The van der Waals surface area contributed by atoms with Crippen molar-refractivity contribution < 1.29 is 0 Å². The second kappa shape index (κ2) is 2.25. The molecule has 0 aliphatic rings. The molecular formula is C5H2BrN3S. The summed E-state index contributed by atoms with van der Waals surface area (Å²) in [6, 6.07) is 0. The van der Waals surface area contributed by atoms with Crippen LogP contribution in [0.4, 0.5) is 0 Å². The van der Waals surface area contributed by atoms with Crippen LogP contribution >= 0.6 is 27.3 Å².